The minimum atomic E-state index is -0.248. The highest BCUT2D eigenvalue weighted by Gasteiger charge is 2.34. The zero-order valence-electron chi connectivity index (χ0n) is 12.1. The van der Waals surface area contributed by atoms with E-state index in [1.807, 2.05) is 19.9 Å². The summed E-state index contributed by atoms with van der Waals surface area (Å²) in [4.78, 5) is 27.6. The summed E-state index contributed by atoms with van der Waals surface area (Å²) in [7, 11) is 0. The van der Waals surface area contributed by atoms with Crippen LogP contribution in [0.2, 0.25) is 0 Å². The molecule has 108 valence electrons. The number of carbonyl (C=O) groups excluding carboxylic acids is 1. The molecule has 0 spiro atoms. The summed E-state index contributed by atoms with van der Waals surface area (Å²) in [6.07, 6.45) is 0.796. The standard InChI is InChI=1S/C17H17NO3/c1-17(2)8-14(20)16(15(21)9-17)12-7-13(19)10-5-3-4-6-11(10)18-12/h3-7,20H,8-9H2,1-2H3,(H,18,19). The lowest BCUT2D eigenvalue weighted by atomic mass is 9.76. The molecule has 0 amide bonds. The van der Waals surface area contributed by atoms with Gasteiger partial charge in [0, 0.05) is 29.8 Å². The number of allylic oxidation sites excluding steroid dienone is 2. The second-order valence-corrected chi connectivity index (χ2v) is 6.36. The van der Waals surface area contributed by atoms with Gasteiger partial charge in [-0.3, -0.25) is 9.59 Å². The fourth-order valence-electron chi connectivity index (χ4n) is 2.93. The van der Waals surface area contributed by atoms with Crippen molar-refractivity contribution in [2.24, 2.45) is 5.41 Å². The molecule has 1 aromatic carbocycles. The van der Waals surface area contributed by atoms with Crippen LogP contribution in [0, 0.1) is 5.41 Å². The molecule has 0 aliphatic heterocycles. The zero-order valence-corrected chi connectivity index (χ0v) is 12.1. The molecule has 0 atom stereocenters. The number of hydrogen-bond donors (Lipinski definition) is 2. The molecule has 0 saturated heterocycles. The SMILES string of the molecule is CC1(C)CC(=O)C(c2cc(=O)c3ccccc3[nH]2)=C(O)C1. The van der Waals surface area contributed by atoms with E-state index in [-0.39, 0.29) is 28.0 Å². The Labute approximate surface area is 122 Å². The molecule has 4 heteroatoms. The Morgan fingerprint density at radius 3 is 2.57 bits per heavy atom. The summed E-state index contributed by atoms with van der Waals surface area (Å²) in [5.41, 5.74) is 0.908. The predicted molar refractivity (Wildman–Crippen MR) is 82.1 cm³/mol. The van der Waals surface area contributed by atoms with Crippen molar-refractivity contribution in [1.29, 1.82) is 0 Å². The van der Waals surface area contributed by atoms with Gasteiger partial charge in [-0.2, -0.15) is 0 Å². The quantitative estimate of drug-likeness (QED) is 0.844. The van der Waals surface area contributed by atoms with Gasteiger partial charge in [0.2, 0.25) is 0 Å². The first-order valence-corrected chi connectivity index (χ1v) is 6.95. The Hall–Kier alpha value is -2.36. The number of aromatic nitrogens is 1. The minimum absolute atomic E-state index is 0.0576. The molecular formula is C17H17NO3. The molecule has 0 radical (unpaired) electrons. The number of ketones is 1. The smallest absolute Gasteiger partial charge is 0.190 e. The second-order valence-electron chi connectivity index (χ2n) is 6.36. The van der Waals surface area contributed by atoms with E-state index < -0.39 is 0 Å². The van der Waals surface area contributed by atoms with Crippen LogP contribution >= 0.6 is 0 Å². The topological polar surface area (TPSA) is 70.2 Å². The average molecular weight is 283 g/mol. The van der Waals surface area contributed by atoms with Gasteiger partial charge in [0.15, 0.2) is 11.2 Å². The van der Waals surface area contributed by atoms with E-state index in [2.05, 4.69) is 4.98 Å². The molecule has 1 heterocycles. The fraction of sp³-hybridized carbons (Fsp3) is 0.294. The summed E-state index contributed by atoms with van der Waals surface area (Å²) in [6.45, 7) is 3.89. The van der Waals surface area contributed by atoms with Gasteiger partial charge in [0.05, 0.1) is 11.3 Å². The van der Waals surface area contributed by atoms with Gasteiger partial charge in [0.1, 0.15) is 5.76 Å². The third-order valence-corrected chi connectivity index (χ3v) is 3.86. The van der Waals surface area contributed by atoms with Gasteiger partial charge >= 0.3 is 0 Å². The van der Waals surface area contributed by atoms with Gasteiger partial charge in [-0.1, -0.05) is 26.0 Å². The molecule has 3 rings (SSSR count). The molecule has 4 nitrogen and oxygen atoms in total. The summed E-state index contributed by atoms with van der Waals surface area (Å²) in [6, 6.07) is 8.53. The maximum Gasteiger partial charge on any atom is 0.190 e. The van der Waals surface area contributed by atoms with E-state index in [1.165, 1.54) is 6.07 Å². The molecule has 1 aromatic heterocycles. The highest BCUT2D eigenvalue weighted by Crippen LogP contribution is 2.38. The number of pyridine rings is 1. The lowest BCUT2D eigenvalue weighted by molar-refractivity contribution is -0.116. The number of aliphatic hydroxyl groups excluding tert-OH is 1. The van der Waals surface area contributed by atoms with Crippen molar-refractivity contribution >= 4 is 22.3 Å². The summed E-state index contributed by atoms with van der Waals surface area (Å²) in [5.74, 6) is -0.0723. The van der Waals surface area contributed by atoms with Crippen LogP contribution in [-0.2, 0) is 4.79 Å². The molecule has 2 N–H and O–H groups in total. The number of aromatic amines is 1. The Morgan fingerprint density at radius 2 is 1.86 bits per heavy atom. The number of carbonyl (C=O) groups is 1. The van der Waals surface area contributed by atoms with Gasteiger partial charge in [-0.15, -0.1) is 0 Å². The molecule has 1 aliphatic rings. The Morgan fingerprint density at radius 1 is 1.14 bits per heavy atom. The van der Waals surface area contributed by atoms with Crippen molar-refractivity contribution < 1.29 is 9.90 Å². The Balaban J connectivity index is 2.21. The van der Waals surface area contributed by atoms with Gasteiger partial charge in [0.25, 0.3) is 0 Å². The number of aliphatic hydroxyl groups is 1. The number of fused-ring (bicyclic) bond motifs is 1. The average Bonchev–Trinajstić information content (AvgIpc) is 2.36. The molecule has 0 bridgehead atoms. The molecule has 21 heavy (non-hydrogen) atoms. The van der Waals surface area contributed by atoms with E-state index in [0.29, 0.717) is 29.4 Å². The maximum atomic E-state index is 12.3. The number of rotatable bonds is 1. The second kappa shape index (κ2) is 4.58. The molecular weight excluding hydrogens is 266 g/mol. The van der Waals surface area contributed by atoms with Crippen LogP contribution in [0.3, 0.4) is 0 Å². The molecule has 0 unspecified atom stereocenters. The highest BCUT2D eigenvalue weighted by molar-refractivity contribution is 6.21. The first kappa shape index (κ1) is 13.6. The van der Waals surface area contributed by atoms with E-state index >= 15 is 0 Å². The minimum Gasteiger partial charge on any atom is -0.511 e. The van der Waals surface area contributed by atoms with E-state index in [0.717, 1.165) is 0 Å². The van der Waals surface area contributed by atoms with E-state index in [1.54, 1.807) is 18.2 Å². The van der Waals surface area contributed by atoms with Gasteiger partial charge in [-0.25, -0.2) is 0 Å². The third-order valence-electron chi connectivity index (χ3n) is 3.86. The van der Waals surface area contributed by atoms with Gasteiger partial charge < -0.3 is 10.1 Å². The van der Waals surface area contributed by atoms with Gasteiger partial charge in [-0.05, 0) is 17.5 Å². The lowest BCUT2D eigenvalue weighted by Gasteiger charge is -2.29. The summed E-state index contributed by atoms with van der Waals surface area (Å²) in [5, 5.41) is 10.8. The normalized spacial score (nSPS) is 18.3. The number of nitrogens with one attached hydrogen (secondary N) is 1. The summed E-state index contributed by atoms with van der Waals surface area (Å²) >= 11 is 0. The van der Waals surface area contributed by atoms with Crippen molar-refractivity contribution in [3.8, 4) is 0 Å². The molecule has 1 aliphatic carbocycles. The monoisotopic (exact) mass is 283 g/mol. The van der Waals surface area contributed by atoms with Crippen molar-refractivity contribution in [2.75, 3.05) is 0 Å². The molecule has 0 fully saturated rings. The molecule has 0 saturated carbocycles. The fourth-order valence-corrected chi connectivity index (χ4v) is 2.93. The van der Waals surface area contributed by atoms with Crippen LogP contribution in [0.1, 0.15) is 32.4 Å². The lowest BCUT2D eigenvalue weighted by Crippen LogP contribution is -2.26. The number of benzene rings is 1. The molecule has 2 aromatic rings. The van der Waals surface area contributed by atoms with E-state index in [9.17, 15) is 14.7 Å². The number of para-hydroxylation sites is 1. The van der Waals surface area contributed by atoms with Crippen molar-refractivity contribution in [3.05, 3.63) is 52.0 Å². The van der Waals surface area contributed by atoms with Crippen LogP contribution in [0.15, 0.2) is 40.9 Å². The maximum absolute atomic E-state index is 12.3. The van der Waals surface area contributed by atoms with Crippen LogP contribution in [0.4, 0.5) is 0 Å². The zero-order chi connectivity index (χ0) is 15.2. The van der Waals surface area contributed by atoms with Crippen LogP contribution in [0.25, 0.3) is 16.5 Å². The Kier molecular flexibility index (Phi) is 2.97. The van der Waals surface area contributed by atoms with Crippen LogP contribution < -0.4 is 5.43 Å². The number of H-pyrrole nitrogens is 1. The van der Waals surface area contributed by atoms with Crippen LogP contribution in [-0.4, -0.2) is 15.9 Å². The first-order chi connectivity index (χ1) is 9.87. The summed E-state index contributed by atoms with van der Waals surface area (Å²) < 4.78 is 0. The van der Waals surface area contributed by atoms with Crippen molar-refractivity contribution in [1.82, 2.24) is 4.98 Å². The Bertz CT molecular complexity index is 827. The number of hydrogen-bond acceptors (Lipinski definition) is 3. The highest BCUT2D eigenvalue weighted by atomic mass is 16.3. The van der Waals surface area contributed by atoms with Crippen LogP contribution in [0.5, 0.6) is 0 Å². The third kappa shape index (κ3) is 2.37. The largest absolute Gasteiger partial charge is 0.511 e. The van der Waals surface area contributed by atoms with Crippen molar-refractivity contribution in [2.45, 2.75) is 26.7 Å². The number of Topliss-reactive ketones (excluding diaryl/α,β-unsaturated/α-hetero) is 1. The first-order valence-electron chi connectivity index (χ1n) is 6.95. The van der Waals surface area contributed by atoms with Crippen molar-refractivity contribution in [3.63, 3.8) is 0 Å². The van der Waals surface area contributed by atoms with E-state index in [4.69, 9.17) is 0 Å². The predicted octanol–water partition coefficient (Wildman–Crippen LogP) is 3.19.